The average molecular weight is 213 g/mol. The summed E-state index contributed by atoms with van der Waals surface area (Å²) < 4.78 is 0. The number of rotatable bonds is 5. The molecule has 1 heterocycles. The molecule has 1 aliphatic heterocycles. The van der Waals surface area contributed by atoms with E-state index in [9.17, 15) is 4.79 Å². The van der Waals surface area contributed by atoms with Gasteiger partial charge in [-0.15, -0.1) is 0 Å². The monoisotopic (exact) mass is 213 g/mol. The molecule has 0 spiro atoms. The van der Waals surface area contributed by atoms with Gasteiger partial charge in [0.2, 0.25) is 0 Å². The summed E-state index contributed by atoms with van der Waals surface area (Å²) >= 11 is 0. The predicted molar refractivity (Wildman–Crippen MR) is 61.7 cm³/mol. The molecule has 4 heteroatoms. The molecule has 0 radical (unpaired) electrons. The number of carbonyl (C=O) groups is 1. The highest BCUT2D eigenvalue weighted by Crippen LogP contribution is 2.09. The second-order valence-corrected chi connectivity index (χ2v) is 4.26. The highest BCUT2D eigenvalue weighted by atomic mass is 16.2. The Balaban J connectivity index is 2.07. The van der Waals surface area contributed by atoms with Crippen molar-refractivity contribution in [3.05, 3.63) is 0 Å². The lowest BCUT2D eigenvalue weighted by Gasteiger charge is -2.31. The van der Waals surface area contributed by atoms with E-state index in [0.29, 0.717) is 6.04 Å². The van der Waals surface area contributed by atoms with E-state index in [-0.39, 0.29) is 6.03 Å². The fraction of sp³-hybridized carbons (Fsp3) is 0.909. The maximum absolute atomic E-state index is 10.9. The van der Waals surface area contributed by atoms with E-state index in [1.807, 2.05) is 0 Å². The molecule has 4 nitrogen and oxygen atoms in total. The molecule has 0 aromatic carbocycles. The van der Waals surface area contributed by atoms with Crippen molar-refractivity contribution in [2.45, 2.75) is 45.1 Å². The number of nitrogens with two attached hydrogens (primary N) is 1. The van der Waals surface area contributed by atoms with Crippen molar-refractivity contribution >= 4 is 6.03 Å². The summed E-state index contributed by atoms with van der Waals surface area (Å²) in [5, 5.41) is 3.54. The summed E-state index contributed by atoms with van der Waals surface area (Å²) in [7, 11) is 0. The molecule has 1 rings (SSSR count). The van der Waals surface area contributed by atoms with Gasteiger partial charge >= 0.3 is 6.03 Å². The molecule has 1 fully saturated rings. The molecular weight excluding hydrogens is 190 g/mol. The zero-order valence-corrected chi connectivity index (χ0v) is 9.67. The molecule has 0 aromatic rings. The number of piperidine rings is 1. The first-order valence-corrected chi connectivity index (χ1v) is 6.01. The first-order valence-electron chi connectivity index (χ1n) is 6.01. The van der Waals surface area contributed by atoms with Crippen molar-refractivity contribution in [3.8, 4) is 0 Å². The van der Waals surface area contributed by atoms with E-state index >= 15 is 0 Å². The standard InChI is InChI=1S/C11H23N3O/c1-2-3-4-7-13-10-5-8-14(9-6-10)11(12)15/h10,13H,2-9H2,1H3,(H2,12,15). The number of urea groups is 1. The van der Waals surface area contributed by atoms with Gasteiger partial charge in [-0.1, -0.05) is 19.8 Å². The lowest BCUT2D eigenvalue weighted by atomic mass is 10.1. The Labute approximate surface area is 92.2 Å². The molecule has 88 valence electrons. The van der Waals surface area contributed by atoms with Crippen LogP contribution >= 0.6 is 0 Å². The summed E-state index contributed by atoms with van der Waals surface area (Å²) in [5.74, 6) is 0. The Morgan fingerprint density at radius 3 is 2.60 bits per heavy atom. The lowest BCUT2D eigenvalue weighted by molar-refractivity contribution is 0.185. The molecule has 1 aliphatic rings. The van der Waals surface area contributed by atoms with Crippen molar-refractivity contribution in [2.75, 3.05) is 19.6 Å². The Morgan fingerprint density at radius 1 is 1.40 bits per heavy atom. The van der Waals surface area contributed by atoms with E-state index in [4.69, 9.17) is 5.73 Å². The summed E-state index contributed by atoms with van der Waals surface area (Å²) in [6.07, 6.45) is 5.89. The zero-order chi connectivity index (χ0) is 11.1. The normalized spacial score (nSPS) is 18.1. The number of hydrogen-bond donors (Lipinski definition) is 2. The van der Waals surface area contributed by atoms with E-state index in [2.05, 4.69) is 12.2 Å². The maximum Gasteiger partial charge on any atom is 0.314 e. The first kappa shape index (κ1) is 12.3. The van der Waals surface area contributed by atoms with Crippen molar-refractivity contribution < 1.29 is 4.79 Å². The van der Waals surface area contributed by atoms with Crippen molar-refractivity contribution in [1.82, 2.24) is 10.2 Å². The Kier molecular flexibility index (Phi) is 5.47. The van der Waals surface area contributed by atoms with Crippen LogP contribution in [-0.4, -0.2) is 36.6 Å². The Hall–Kier alpha value is -0.770. The maximum atomic E-state index is 10.9. The topological polar surface area (TPSA) is 58.4 Å². The first-order chi connectivity index (χ1) is 7.24. The number of amides is 2. The lowest BCUT2D eigenvalue weighted by Crippen LogP contribution is -2.46. The van der Waals surface area contributed by atoms with Crippen LogP contribution in [0, 0.1) is 0 Å². The van der Waals surface area contributed by atoms with Crippen molar-refractivity contribution in [3.63, 3.8) is 0 Å². The summed E-state index contributed by atoms with van der Waals surface area (Å²) in [5.41, 5.74) is 5.22. The molecule has 0 bridgehead atoms. The van der Waals surface area contributed by atoms with Crippen LogP contribution in [-0.2, 0) is 0 Å². The second-order valence-electron chi connectivity index (χ2n) is 4.26. The third kappa shape index (κ3) is 4.51. The van der Waals surface area contributed by atoms with Gasteiger partial charge in [-0.05, 0) is 25.8 Å². The van der Waals surface area contributed by atoms with Crippen LogP contribution < -0.4 is 11.1 Å². The molecule has 0 aromatic heterocycles. The number of nitrogens with zero attached hydrogens (tertiary/aromatic N) is 1. The van der Waals surface area contributed by atoms with Gasteiger partial charge in [0.1, 0.15) is 0 Å². The van der Waals surface area contributed by atoms with Gasteiger partial charge in [0.15, 0.2) is 0 Å². The second kappa shape index (κ2) is 6.67. The summed E-state index contributed by atoms with van der Waals surface area (Å²) in [6.45, 7) is 4.93. The minimum Gasteiger partial charge on any atom is -0.351 e. The Bertz CT molecular complexity index is 188. The molecular formula is C11H23N3O. The highest BCUT2D eigenvalue weighted by Gasteiger charge is 2.20. The highest BCUT2D eigenvalue weighted by molar-refractivity contribution is 5.72. The van der Waals surface area contributed by atoms with Crippen LogP contribution in [0.25, 0.3) is 0 Å². The number of likely N-dealkylation sites (tertiary alicyclic amines) is 1. The molecule has 15 heavy (non-hydrogen) atoms. The zero-order valence-electron chi connectivity index (χ0n) is 9.67. The quantitative estimate of drug-likeness (QED) is 0.676. The van der Waals surface area contributed by atoms with Crippen LogP contribution in [0.2, 0.25) is 0 Å². The molecule has 3 N–H and O–H groups in total. The van der Waals surface area contributed by atoms with Gasteiger partial charge in [0.25, 0.3) is 0 Å². The van der Waals surface area contributed by atoms with Crippen LogP contribution in [0.1, 0.15) is 39.0 Å². The number of carbonyl (C=O) groups excluding carboxylic acids is 1. The molecule has 2 amide bonds. The average Bonchev–Trinajstić information content (AvgIpc) is 2.25. The number of primary amides is 1. The van der Waals surface area contributed by atoms with Gasteiger partial charge in [-0.2, -0.15) is 0 Å². The number of nitrogens with one attached hydrogen (secondary N) is 1. The third-order valence-electron chi connectivity index (χ3n) is 3.02. The van der Waals surface area contributed by atoms with Gasteiger partial charge in [-0.25, -0.2) is 4.79 Å². The minimum atomic E-state index is -0.278. The van der Waals surface area contributed by atoms with Crippen molar-refractivity contribution in [2.24, 2.45) is 5.73 Å². The third-order valence-corrected chi connectivity index (χ3v) is 3.02. The molecule has 0 atom stereocenters. The van der Waals surface area contributed by atoms with Gasteiger partial charge in [0.05, 0.1) is 0 Å². The van der Waals surface area contributed by atoms with E-state index in [1.54, 1.807) is 4.90 Å². The van der Waals surface area contributed by atoms with E-state index in [0.717, 1.165) is 32.5 Å². The summed E-state index contributed by atoms with van der Waals surface area (Å²) in [4.78, 5) is 12.6. The van der Waals surface area contributed by atoms with Gasteiger partial charge in [0, 0.05) is 19.1 Å². The molecule has 0 aliphatic carbocycles. The molecule has 1 saturated heterocycles. The molecule has 0 unspecified atom stereocenters. The molecule has 0 saturated carbocycles. The SMILES string of the molecule is CCCCCNC1CCN(C(N)=O)CC1. The van der Waals surface area contributed by atoms with Crippen LogP contribution in [0.15, 0.2) is 0 Å². The minimum absolute atomic E-state index is 0.278. The number of hydrogen-bond acceptors (Lipinski definition) is 2. The van der Waals surface area contributed by atoms with Crippen LogP contribution in [0.3, 0.4) is 0 Å². The predicted octanol–water partition coefficient (Wildman–Crippen LogP) is 1.31. The van der Waals surface area contributed by atoms with E-state index < -0.39 is 0 Å². The van der Waals surface area contributed by atoms with Crippen LogP contribution in [0.5, 0.6) is 0 Å². The van der Waals surface area contributed by atoms with E-state index in [1.165, 1.54) is 19.3 Å². The number of unbranched alkanes of at least 4 members (excludes halogenated alkanes) is 2. The Morgan fingerprint density at radius 2 is 2.07 bits per heavy atom. The smallest absolute Gasteiger partial charge is 0.314 e. The van der Waals surface area contributed by atoms with Gasteiger partial charge < -0.3 is 16.0 Å². The largest absolute Gasteiger partial charge is 0.351 e. The fourth-order valence-electron chi connectivity index (χ4n) is 1.99. The van der Waals surface area contributed by atoms with Crippen molar-refractivity contribution in [1.29, 1.82) is 0 Å². The van der Waals surface area contributed by atoms with Gasteiger partial charge in [-0.3, -0.25) is 0 Å². The van der Waals surface area contributed by atoms with Crippen LogP contribution in [0.4, 0.5) is 4.79 Å². The fourth-order valence-corrected chi connectivity index (χ4v) is 1.99. The summed E-state index contributed by atoms with van der Waals surface area (Å²) in [6, 6.07) is 0.303.